The molecule has 0 aromatic heterocycles. The van der Waals surface area contributed by atoms with E-state index in [9.17, 15) is 51.9 Å². The highest BCUT2D eigenvalue weighted by atomic mass is 32.2. The Hall–Kier alpha value is -5.22. The van der Waals surface area contributed by atoms with Crippen LogP contribution in [0.2, 0.25) is 0 Å². The van der Waals surface area contributed by atoms with Gasteiger partial charge >= 0.3 is 0 Å². The first kappa shape index (κ1) is 43.4. The summed E-state index contributed by atoms with van der Waals surface area (Å²) in [5.74, 6) is -29.6. The normalized spacial score (nSPS) is 18.6. The zero-order chi connectivity index (χ0) is 44.1. The van der Waals surface area contributed by atoms with Gasteiger partial charge in [-0.3, -0.25) is 18.2 Å². The van der Waals surface area contributed by atoms with Gasteiger partial charge in [0.05, 0.1) is 30.7 Å². The fraction of sp³-hybridized carbons (Fsp3) is 0.0909. The number of halogens is 8. The van der Waals surface area contributed by atoms with Gasteiger partial charge in [-0.05, 0) is 41.8 Å². The van der Waals surface area contributed by atoms with E-state index >= 15 is 35.1 Å². The number of ether oxygens (including phenoxy) is 2. The summed E-state index contributed by atoms with van der Waals surface area (Å²) in [4.78, 5) is -4.01. The summed E-state index contributed by atoms with van der Waals surface area (Å²) < 4.78 is 267. The largest absolute Gasteiger partial charge is 0.455 e. The van der Waals surface area contributed by atoms with Crippen LogP contribution in [0.15, 0.2) is 86.1 Å². The van der Waals surface area contributed by atoms with Crippen molar-refractivity contribution < 1.29 is 96.5 Å². The summed E-state index contributed by atoms with van der Waals surface area (Å²) in [6, 6.07) is 2.91. The van der Waals surface area contributed by atoms with E-state index < -0.39 is 163 Å². The third kappa shape index (κ3) is 7.72. The van der Waals surface area contributed by atoms with Gasteiger partial charge in [0.2, 0.25) is 34.8 Å². The maximum absolute atomic E-state index is 15.6. The molecule has 4 aromatic carbocycles. The van der Waals surface area contributed by atoms with Crippen molar-refractivity contribution >= 4 is 51.2 Å². The molecule has 6 rings (SSSR count). The average molecular weight is 919 g/mol. The Morgan fingerprint density at radius 2 is 1.00 bits per heavy atom. The molecule has 0 spiro atoms. The molecule has 0 saturated heterocycles. The van der Waals surface area contributed by atoms with Gasteiger partial charge in [0, 0.05) is 22.8 Å². The zero-order valence-electron chi connectivity index (χ0n) is 28.4. The van der Waals surface area contributed by atoms with Gasteiger partial charge in [-0.15, -0.1) is 0 Å². The molecule has 2 aliphatic carbocycles. The summed E-state index contributed by atoms with van der Waals surface area (Å²) >= 11 is 0. The molecular formula is C33H18F8O14S4. The minimum Gasteiger partial charge on any atom is -0.455 e. The maximum atomic E-state index is 15.6. The van der Waals surface area contributed by atoms with Crippen LogP contribution in [0.4, 0.5) is 35.1 Å². The average Bonchev–Trinajstić information content (AvgIpc) is 3.12. The van der Waals surface area contributed by atoms with E-state index in [1.54, 1.807) is 0 Å². The molecule has 26 heteroatoms. The van der Waals surface area contributed by atoms with E-state index in [2.05, 4.69) is 0 Å². The van der Waals surface area contributed by atoms with Crippen molar-refractivity contribution in [2.45, 2.75) is 16.7 Å². The predicted octanol–water partition coefficient (Wildman–Crippen LogP) is 6.92. The molecule has 0 aliphatic heterocycles. The summed E-state index contributed by atoms with van der Waals surface area (Å²) in [5, 5.41) is -1.03. The summed E-state index contributed by atoms with van der Waals surface area (Å²) in [7, 11) is -20.5. The van der Waals surface area contributed by atoms with Crippen LogP contribution in [0.3, 0.4) is 0 Å². The van der Waals surface area contributed by atoms with Gasteiger partial charge in [-0.2, -0.15) is 51.2 Å². The van der Waals surface area contributed by atoms with Crippen LogP contribution >= 0.6 is 0 Å². The van der Waals surface area contributed by atoms with E-state index in [-0.39, 0.29) is 0 Å². The molecule has 0 fully saturated rings. The molecule has 14 nitrogen and oxygen atoms in total. The van der Waals surface area contributed by atoms with Crippen LogP contribution in [-0.2, 0) is 40.5 Å². The monoisotopic (exact) mass is 918 g/mol. The van der Waals surface area contributed by atoms with Crippen LogP contribution in [0, 0.1) is 57.9 Å². The van der Waals surface area contributed by atoms with Crippen molar-refractivity contribution in [1.82, 2.24) is 0 Å². The van der Waals surface area contributed by atoms with Gasteiger partial charge in [-0.1, -0.05) is 25.2 Å². The Bertz CT molecular complexity index is 3100. The lowest BCUT2D eigenvalue weighted by molar-refractivity contribution is 0.269. The molecule has 314 valence electrons. The minimum absolute atomic E-state index is 0.335. The lowest BCUT2D eigenvalue weighted by Gasteiger charge is -2.37. The quantitative estimate of drug-likeness (QED) is 0.0758. The highest BCUT2D eigenvalue weighted by Crippen LogP contribution is 2.49. The van der Waals surface area contributed by atoms with Crippen molar-refractivity contribution in [3.8, 4) is 28.4 Å². The first-order valence-electron chi connectivity index (χ1n) is 15.4. The zero-order valence-corrected chi connectivity index (χ0v) is 31.6. The highest BCUT2D eigenvalue weighted by Gasteiger charge is 2.43. The second-order valence-electron chi connectivity index (χ2n) is 12.7. The SMILES string of the molecule is CC12C=C(S(=O)(=O)O)C=CC1C(Oc1c(F)c(F)c(-c3c(F)c(F)c(Oc4cc(S(=O)(=O)O)cc5cc(S(=O)(=O)O)ccc45)c(F)c3F)c(F)c1F)=CC(S(=O)(=O)O)=C2. The highest BCUT2D eigenvalue weighted by molar-refractivity contribution is 7.90. The van der Waals surface area contributed by atoms with Crippen molar-refractivity contribution in [3.05, 3.63) is 123 Å². The van der Waals surface area contributed by atoms with Crippen molar-refractivity contribution in [2.75, 3.05) is 0 Å². The van der Waals surface area contributed by atoms with E-state index in [0.29, 0.717) is 30.3 Å². The lowest BCUT2D eigenvalue weighted by atomic mass is 9.71. The van der Waals surface area contributed by atoms with E-state index in [1.807, 2.05) is 0 Å². The summed E-state index contributed by atoms with van der Waals surface area (Å²) in [6.07, 6.45) is 3.44. The van der Waals surface area contributed by atoms with Crippen molar-refractivity contribution in [3.63, 3.8) is 0 Å². The standard InChI is InChI=1S/C33H18F8O14S4/c1-33-10-14(57(45,46)47)3-5-18(33)20(9-16(11-33)59(51,52)53)55-32-29(40)25(36)22(26(37)30(32)41)21-23(34)27(38)31(28(39)24(21)35)54-19-8-15(58(48,49)50)7-12-6-13(56(42,43)44)2-4-17(12)19/h2-11,18H,1H3,(H,42,43,44)(H,45,46,47)(H,48,49,50)(H,51,52,53). The molecule has 0 saturated carbocycles. The lowest BCUT2D eigenvalue weighted by Crippen LogP contribution is -2.33. The second-order valence-corrected chi connectivity index (χ2v) is 18.4. The van der Waals surface area contributed by atoms with Crippen molar-refractivity contribution in [1.29, 1.82) is 0 Å². The van der Waals surface area contributed by atoms with Crippen LogP contribution in [0.1, 0.15) is 6.92 Å². The molecular weight excluding hydrogens is 901 g/mol. The van der Waals surface area contributed by atoms with E-state index in [4.69, 9.17) is 9.47 Å². The molecule has 0 bridgehead atoms. The first-order chi connectivity index (χ1) is 27.0. The van der Waals surface area contributed by atoms with E-state index in [0.717, 1.165) is 37.3 Å². The van der Waals surface area contributed by atoms with Crippen LogP contribution in [-0.4, -0.2) is 51.9 Å². The minimum atomic E-state index is -5.27. The molecule has 59 heavy (non-hydrogen) atoms. The number of rotatable bonds is 9. The number of hydrogen-bond acceptors (Lipinski definition) is 10. The Kier molecular flexibility index (Phi) is 10.4. The van der Waals surface area contributed by atoms with Gasteiger partial charge in [0.15, 0.2) is 23.3 Å². The number of hydrogen-bond donors (Lipinski definition) is 4. The molecule has 2 unspecified atom stereocenters. The maximum Gasteiger partial charge on any atom is 0.294 e. The smallest absolute Gasteiger partial charge is 0.294 e. The fourth-order valence-electron chi connectivity index (χ4n) is 6.11. The Morgan fingerprint density at radius 1 is 0.559 bits per heavy atom. The topological polar surface area (TPSA) is 236 Å². The van der Waals surface area contributed by atoms with Gasteiger partial charge < -0.3 is 9.47 Å². The first-order valence-corrected chi connectivity index (χ1v) is 21.1. The summed E-state index contributed by atoms with van der Waals surface area (Å²) in [6.45, 7) is 1.07. The second kappa shape index (κ2) is 14.2. The Balaban J connectivity index is 1.47. The Morgan fingerprint density at radius 3 is 1.46 bits per heavy atom. The van der Waals surface area contributed by atoms with Crippen LogP contribution < -0.4 is 9.47 Å². The van der Waals surface area contributed by atoms with Gasteiger partial charge in [-0.25, -0.2) is 17.6 Å². The van der Waals surface area contributed by atoms with Crippen LogP contribution in [0.25, 0.3) is 21.9 Å². The molecule has 0 radical (unpaired) electrons. The third-order valence-corrected chi connectivity index (χ3v) is 12.2. The fourth-order valence-corrected chi connectivity index (χ4v) is 8.47. The number of fused-ring (bicyclic) bond motifs is 2. The molecule has 4 aromatic rings. The number of benzene rings is 4. The van der Waals surface area contributed by atoms with Crippen molar-refractivity contribution in [2.24, 2.45) is 11.3 Å². The summed E-state index contributed by atoms with van der Waals surface area (Å²) in [5.41, 5.74) is -6.81. The molecule has 2 aliphatic rings. The van der Waals surface area contributed by atoms with E-state index in [1.165, 1.54) is 0 Å². The molecule has 0 amide bonds. The third-order valence-electron chi connectivity index (χ3n) is 8.80. The molecule has 0 heterocycles. The predicted molar refractivity (Wildman–Crippen MR) is 184 cm³/mol. The molecule has 4 N–H and O–H groups in total. The number of allylic oxidation sites excluding steroid dienone is 5. The molecule has 2 atom stereocenters. The Labute approximate surface area is 326 Å². The van der Waals surface area contributed by atoms with Gasteiger partial charge in [0.1, 0.15) is 11.5 Å². The van der Waals surface area contributed by atoms with Gasteiger partial charge in [0.25, 0.3) is 40.5 Å². The van der Waals surface area contributed by atoms with Crippen LogP contribution in [0.5, 0.6) is 17.2 Å².